The number of nitrogens with one attached hydrogen (secondary N) is 3. The molecule has 0 spiro atoms. The van der Waals surface area contributed by atoms with Gasteiger partial charge in [0.25, 0.3) is 11.8 Å². The Morgan fingerprint density at radius 2 is 1.50 bits per heavy atom. The average molecular weight is 446 g/mol. The summed E-state index contributed by atoms with van der Waals surface area (Å²) in [5.41, 5.74) is 4.88. The molecular formula is C24H19N3O4S. The molecule has 4 N–H and O–H groups in total. The van der Waals surface area contributed by atoms with Crippen molar-refractivity contribution in [3.05, 3.63) is 84.4 Å². The van der Waals surface area contributed by atoms with Gasteiger partial charge in [-0.15, -0.1) is 0 Å². The van der Waals surface area contributed by atoms with Crippen molar-refractivity contribution in [3.63, 3.8) is 0 Å². The topological polar surface area (TPSA) is 99.7 Å². The van der Waals surface area contributed by atoms with Gasteiger partial charge < -0.3 is 9.84 Å². The van der Waals surface area contributed by atoms with Crippen molar-refractivity contribution in [2.24, 2.45) is 0 Å². The van der Waals surface area contributed by atoms with E-state index in [-0.39, 0.29) is 23.0 Å². The zero-order chi connectivity index (χ0) is 22.5. The molecule has 0 unspecified atom stereocenters. The number of hydrogen-bond acceptors (Lipinski definition) is 5. The number of phenolic OH excluding ortho intramolecular Hbond substituents is 1. The molecule has 4 aromatic carbocycles. The Bertz CT molecular complexity index is 1330. The largest absolute Gasteiger partial charge is 0.507 e. The van der Waals surface area contributed by atoms with Crippen molar-refractivity contribution in [3.8, 4) is 11.5 Å². The van der Waals surface area contributed by atoms with Crippen LogP contribution in [0.3, 0.4) is 0 Å². The molecule has 0 saturated heterocycles. The number of aromatic hydroxyl groups is 1. The number of rotatable bonds is 4. The number of amides is 2. The summed E-state index contributed by atoms with van der Waals surface area (Å²) >= 11 is 5.04. The summed E-state index contributed by atoms with van der Waals surface area (Å²) in [5.74, 6) is -0.672. The monoisotopic (exact) mass is 445 g/mol. The molecule has 0 bridgehead atoms. The predicted octanol–water partition coefficient (Wildman–Crippen LogP) is 3.41. The summed E-state index contributed by atoms with van der Waals surface area (Å²) in [4.78, 5) is 24.6. The summed E-state index contributed by atoms with van der Waals surface area (Å²) in [6, 6.07) is 23.7. The van der Waals surface area contributed by atoms with E-state index in [0.717, 1.165) is 21.5 Å². The molecule has 4 aromatic rings. The molecule has 4 rings (SSSR count). The van der Waals surface area contributed by atoms with E-state index in [1.165, 1.54) is 6.07 Å². The zero-order valence-electron chi connectivity index (χ0n) is 16.8. The van der Waals surface area contributed by atoms with Gasteiger partial charge in [-0.05, 0) is 46.6 Å². The molecule has 7 nitrogen and oxygen atoms in total. The van der Waals surface area contributed by atoms with Crippen molar-refractivity contribution in [2.45, 2.75) is 0 Å². The fourth-order valence-corrected chi connectivity index (χ4v) is 3.41. The van der Waals surface area contributed by atoms with Gasteiger partial charge in [-0.3, -0.25) is 25.8 Å². The first-order chi connectivity index (χ1) is 15.5. The van der Waals surface area contributed by atoms with Crippen LogP contribution in [-0.2, 0) is 4.79 Å². The smallest absolute Gasteiger partial charge is 0.273 e. The summed E-state index contributed by atoms with van der Waals surface area (Å²) in [6.07, 6.45) is 0. The highest BCUT2D eigenvalue weighted by Crippen LogP contribution is 2.25. The third-order valence-corrected chi connectivity index (χ3v) is 4.96. The van der Waals surface area contributed by atoms with Crippen molar-refractivity contribution in [1.82, 2.24) is 16.2 Å². The van der Waals surface area contributed by atoms with Crippen LogP contribution in [0.4, 0.5) is 0 Å². The molecule has 0 aromatic heterocycles. The molecule has 0 aliphatic rings. The number of phenols is 1. The van der Waals surface area contributed by atoms with Gasteiger partial charge in [-0.1, -0.05) is 60.7 Å². The minimum Gasteiger partial charge on any atom is -0.507 e. The van der Waals surface area contributed by atoms with Gasteiger partial charge in [0.05, 0.1) is 5.56 Å². The van der Waals surface area contributed by atoms with Gasteiger partial charge in [0, 0.05) is 5.39 Å². The Morgan fingerprint density at radius 1 is 0.844 bits per heavy atom. The Morgan fingerprint density at radius 3 is 2.28 bits per heavy atom. The Hall–Kier alpha value is -4.17. The molecule has 0 heterocycles. The van der Waals surface area contributed by atoms with Crippen molar-refractivity contribution in [2.75, 3.05) is 6.61 Å². The molecule has 0 fully saturated rings. The SMILES string of the molecule is O=C(COc1cccc2ccccc12)NC(=S)NNC(=O)c1cc2ccccc2cc1O. The number of carbonyl (C=O) groups excluding carboxylic acids is 2. The highest BCUT2D eigenvalue weighted by molar-refractivity contribution is 7.80. The van der Waals surface area contributed by atoms with Gasteiger partial charge in [-0.2, -0.15) is 0 Å². The van der Waals surface area contributed by atoms with Gasteiger partial charge in [0.15, 0.2) is 11.7 Å². The normalized spacial score (nSPS) is 10.5. The summed E-state index contributed by atoms with van der Waals surface area (Å²) < 4.78 is 5.61. The van der Waals surface area contributed by atoms with E-state index in [9.17, 15) is 14.7 Å². The highest BCUT2D eigenvalue weighted by atomic mass is 32.1. The minimum absolute atomic E-state index is 0.0737. The fraction of sp³-hybridized carbons (Fsp3) is 0.0417. The Kier molecular flexibility index (Phi) is 6.14. The number of carbonyl (C=O) groups is 2. The van der Waals surface area contributed by atoms with E-state index < -0.39 is 11.8 Å². The average Bonchev–Trinajstić information content (AvgIpc) is 2.80. The maximum atomic E-state index is 12.4. The maximum Gasteiger partial charge on any atom is 0.273 e. The lowest BCUT2D eigenvalue weighted by Gasteiger charge is -2.13. The molecule has 160 valence electrons. The van der Waals surface area contributed by atoms with E-state index in [2.05, 4.69) is 16.2 Å². The Balaban J connectivity index is 1.30. The molecule has 32 heavy (non-hydrogen) atoms. The third-order valence-electron chi connectivity index (χ3n) is 4.76. The van der Waals surface area contributed by atoms with Crippen LogP contribution in [0.15, 0.2) is 78.9 Å². The number of ether oxygens (including phenoxy) is 1. The molecule has 0 atom stereocenters. The molecule has 0 radical (unpaired) electrons. The summed E-state index contributed by atoms with van der Waals surface area (Å²) in [6.45, 7) is -0.255. The quantitative estimate of drug-likeness (QED) is 0.284. The van der Waals surface area contributed by atoms with Gasteiger partial charge >= 0.3 is 0 Å². The second kappa shape index (κ2) is 9.32. The third kappa shape index (κ3) is 4.76. The van der Waals surface area contributed by atoms with Crippen molar-refractivity contribution in [1.29, 1.82) is 0 Å². The summed E-state index contributed by atoms with van der Waals surface area (Å²) in [5, 5.41) is 16.0. The second-order valence-corrected chi connectivity index (χ2v) is 7.35. The lowest BCUT2D eigenvalue weighted by atomic mass is 10.1. The van der Waals surface area contributed by atoms with Crippen molar-refractivity contribution >= 4 is 50.7 Å². The number of thiocarbonyl (C=S) groups is 1. The van der Waals surface area contributed by atoms with E-state index >= 15 is 0 Å². The van der Waals surface area contributed by atoms with Crippen LogP contribution in [0.1, 0.15) is 10.4 Å². The van der Waals surface area contributed by atoms with Crippen LogP contribution >= 0.6 is 12.2 Å². The van der Waals surface area contributed by atoms with Crippen molar-refractivity contribution < 1.29 is 19.4 Å². The highest BCUT2D eigenvalue weighted by Gasteiger charge is 2.13. The first kappa shape index (κ1) is 21.1. The van der Waals surface area contributed by atoms with Gasteiger partial charge in [0.1, 0.15) is 11.5 Å². The number of benzene rings is 4. The minimum atomic E-state index is -0.600. The van der Waals surface area contributed by atoms with Crippen LogP contribution < -0.4 is 20.9 Å². The first-order valence-electron chi connectivity index (χ1n) is 9.74. The maximum absolute atomic E-state index is 12.4. The zero-order valence-corrected chi connectivity index (χ0v) is 17.6. The first-order valence-corrected chi connectivity index (χ1v) is 10.1. The van der Waals surface area contributed by atoms with Crippen LogP contribution in [0.25, 0.3) is 21.5 Å². The summed E-state index contributed by atoms with van der Waals surface area (Å²) in [7, 11) is 0. The second-order valence-electron chi connectivity index (χ2n) is 6.94. The predicted molar refractivity (Wildman–Crippen MR) is 126 cm³/mol. The van der Waals surface area contributed by atoms with E-state index in [0.29, 0.717) is 5.75 Å². The standard InChI is InChI=1S/C24H19N3O4S/c28-20-13-17-8-2-1-7-16(17)12-19(20)23(30)26-27-24(32)25-22(29)14-31-21-11-5-9-15-6-3-4-10-18(15)21/h1-13,28H,14H2,(H,26,30)(H2,25,27,29,32). The number of fused-ring (bicyclic) bond motifs is 2. The van der Waals surface area contributed by atoms with E-state index in [1.54, 1.807) is 12.1 Å². The van der Waals surface area contributed by atoms with Crippen LogP contribution in [0, 0.1) is 0 Å². The molecule has 0 aliphatic carbocycles. The Labute approximate surface area is 189 Å². The molecule has 8 heteroatoms. The lowest BCUT2D eigenvalue weighted by molar-refractivity contribution is -0.121. The van der Waals surface area contributed by atoms with Gasteiger partial charge in [0.2, 0.25) is 0 Å². The molecule has 0 saturated carbocycles. The molecule has 0 aliphatic heterocycles. The van der Waals surface area contributed by atoms with Crippen LogP contribution in [0.2, 0.25) is 0 Å². The van der Waals surface area contributed by atoms with E-state index in [4.69, 9.17) is 17.0 Å². The van der Waals surface area contributed by atoms with Gasteiger partial charge in [-0.25, -0.2) is 0 Å². The van der Waals surface area contributed by atoms with E-state index in [1.807, 2.05) is 60.7 Å². The number of hydrogen-bond donors (Lipinski definition) is 4. The fourth-order valence-electron chi connectivity index (χ4n) is 3.25. The molecular weight excluding hydrogens is 426 g/mol. The lowest BCUT2D eigenvalue weighted by Crippen LogP contribution is -2.49. The number of hydrazine groups is 1. The van der Waals surface area contributed by atoms with Crippen LogP contribution in [0.5, 0.6) is 11.5 Å². The molecule has 2 amide bonds. The van der Waals surface area contributed by atoms with Crippen LogP contribution in [-0.4, -0.2) is 28.6 Å².